The van der Waals surface area contributed by atoms with E-state index in [0.717, 1.165) is 48.6 Å². The molecule has 1 aromatic heterocycles. The van der Waals surface area contributed by atoms with Crippen LogP contribution in [-0.2, 0) is 15.0 Å². The number of rotatable bonds is 7. The summed E-state index contributed by atoms with van der Waals surface area (Å²) in [4.78, 5) is 5.14. The number of hydrogen-bond donors (Lipinski definition) is 0. The van der Waals surface area contributed by atoms with E-state index in [9.17, 15) is 4.21 Å². The highest BCUT2D eigenvalue weighted by Gasteiger charge is 2.25. The molecule has 0 saturated heterocycles. The van der Waals surface area contributed by atoms with E-state index in [1.54, 1.807) is 36.5 Å². The zero-order valence-corrected chi connectivity index (χ0v) is 29.3. The van der Waals surface area contributed by atoms with Gasteiger partial charge in [-0.25, -0.2) is 0 Å². The molecule has 0 radical (unpaired) electrons. The lowest BCUT2D eigenvalue weighted by Crippen LogP contribution is -2.29. The third kappa shape index (κ3) is 7.13. The van der Waals surface area contributed by atoms with Gasteiger partial charge in [0.15, 0.2) is 0 Å². The number of fused-ring (bicyclic) bond motifs is 2. The molecule has 46 heavy (non-hydrogen) atoms. The molecule has 1 aliphatic carbocycles. The first kappa shape index (κ1) is 32.2. The topological polar surface area (TPSA) is 33.4 Å². The lowest BCUT2D eigenvalue weighted by molar-refractivity contribution is -0.551. The number of thioether (sulfide) groups is 1. The van der Waals surface area contributed by atoms with Crippen molar-refractivity contribution < 1.29 is 13.0 Å². The van der Waals surface area contributed by atoms with Crippen LogP contribution in [-0.4, -0.2) is 17.6 Å². The van der Waals surface area contributed by atoms with Crippen LogP contribution in [0, 0.1) is 23.9 Å². The Morgan fingerprint density at radius 2 is 1.87 bits per heavy atom. The molecule has 2 atom stereocenters. The molecule has 8 heteroatoms. The molecule has 0 saturated carbocycles. The maximum absolute atomic E-state index is 12.1. The molecule has 0 bridgehead atoms. The van der Waals surface area contributed by atoms with E-state index in [1.807, 2.05) is 36.6 Å². The van der Waals surface area contributed by atoms with Gasteiger partial charge in [-0.15, -0.1) is 0 Å². The average Bonchev–Trinajstić information content (AvgIpc) is 3.60. The van der Waals surface area contributed by atoms with Gasteiger partial charge in [0, 0.05) is 68.9 Å². The number of anilines is 1. The van der Waals surface area contributed by atoms with Gasteiger partial charge < -0.3 is 4.18 Å². The zero-order chi connectivity index (χ0) is 32.0. The van der Waals surface area contributed by atoms with Gasteiger partial charge in [0.1, 0.15) is 4.70 Å². The molecule has 1 aliphatic heterocycles. The van der Waals surface area contributed by atoms with Gasteiger partial charge in [0.2, 0.25) is 11.6 Å². The highest BCUT2D eigenvalue weighted by molar-refractivity contribution is 8.03. The fraction of sp³-hybridized carbons (Fsp3) is 0.184. The van der Waals surface area contributed by atoms with Crippen LogP contribution in [0.15, 0.2) is 122 Å². The molecular weight excluding hydrogens is 645 g/mol. The standard InChI is InChI=1S/C38H33N2O2S4/c1-5-20-39-33-16-14-31(45-42-3)25-35(33)43-37(39)18-12-27-22-28(24-30(23-27)29-10-8-7-9-11-29)13-19-38-40(21-6-2)34-17-15-32(46(4)41)26-36(34)44-38/h7-19,22,25-26,30H,23-24H2,1-4H3/q+1. The van der Waals surface area contributed by atoms with Gasteiger partial charge in [-0.1, -0.05) is 82.1 Å². The number of allylic oxidation sites excluding steroid dienone is 6. The first-order valence-electron chi connectivity index (χ1n) is 14.8. The lowest BCUT2D eigenvalue weighted by Gasteiger charge is -2.24. The molecule has 2 aliphatic rings. The van der Waals surface area contributed by atoms with Crippen LogP contribution in [0.5, 0.6) is 0 Å². The predicted octanol–water partition coefficient (Wildman–Crippen LogP) is 9.29. The summed E-state index contributed by atoms with van der Waals surface area (Å²) in [6, 6.07) is 29.6. The number of hydrogen-bond acceptors (Lipinski definition) is 6. The molecule has 3 aromatic carbocycles. The minimum Gasteiger partial charge on any atom is -0.314 e. The van der Waals surface area contributed by atoms with Gasteiger partial charge >= 0.3 is 0 Å². The van der Waals surface area contributed by atoms with Crippen molar-refractivity contribution in [2.24, 2.45) is 0 Å². The van der Waals surface area contributed by atoms with Crippen LogP contribution in [0.3, 0.4) is 0 Å². The van der Waals surface area contributed by atoms with E-state index < -0.39 is 10.8 Å². The van der Waals surface area contributed by atoms with Crippen molar-refractivity contribution in [2.45, 2.75) is 47.3 Å². The molecule has 0 fully saturated rings. The fourth-order valence-electron chi connectivity index (χ4n) is 5.62. The molecule has 4 aromatic rings. The summed E-state index contributed by atoms with van der Waals surface area (Å²) in [6.07, 6.45) is 14.8. The molecule has 0 amide bonds. The van der Waals surface area contributed by atoms with Crippen LogP contribution in [0.4, 0.5) is 5.69 Å². The number of benzene rings is 3. The molecule has 2 unspecified atom stereocenters. The molecule has 0 N–H and O–H groups in total. The van der Waals surface area contributed by atoms with E-state index in [0.29, 0.717) is 5.92 Å². The average molecular weight is 678 g/mol. The minimum absolute atomic E-state index is 0.371. The summed E-state index contributed by atoms with van der Waals surface area (Å²) in [5, 5.41) is 2.12. The Bertz CT molecular complexity index is 2070. The van der Waals surface area contributed by atoms with Gasteiger partial charge in [-0.3, -0.25) is 9.11 Å². The summed E-state index contributed by atoms with van der Waals surface area (Å²) < 4.78 is 20.5. The van der Waals surface area contributed by atoms with E-state index in [2.05, 4.69) is 108 Å². The first-order valence-corrected chi connectivity index (χ1v) is 18.7. The van der Waals surface area contributed by atoms with Crippen molar-refractivity contribution in [1.29, 1.82) is 0 Å². The van der Waals surface area contributed by atoms with Crippen molar-refractivity contribution in [1.82, 2.24) is 0 Å². The van der Waals surface area contributed by atoms with Crippen molar-refractivity contribution in [3.63, 3.8) is 0 Å². The molecular formula is C38H33N2O2S4+. The number of nitrogens with zero attached hydrogens (tertiary/aromatic N) is 2. The molecule has 6 rings (SSSR count). The zero-order valence-electron chi connectivity index (χ0n) is 26.1. The highest BCUT2D eigenvalue weighted by Crippen LogP contribution is 2.47. The van der Waals surface area contributed by atoms with Gasteiger partial charge in [-0.2, -0.15) is 0 Å². The van der Waals surface area contributed by atoms with Crippen molar-refractivity contribution >= 4 is 67.9 Å². The highest BCUT2D eigenvalue weighted by atomic mass is 32.2. The Balaban J connectivity index is 1.35. The van der Waals surface area contributed by atoms with Crippen molar-refractivity contribution in [2.75, 3.05) is 18.3 Å². The molecule has 230 valence electrons. The Morgan fingerprint density at radius 3 is 2.63 bits per heavy atom. The Morgan fingerprint density at radius 1 is 1.02 bits per heavy atom. The molecule has 4 nitrogen and oxygen atoms in total. The monoisotopic (exact) mass is 677 g/mol. The third-order valence-electron chi connectivity index (χ3n) is 7.66. The fourth-order valence-corrected chi connectivity index (χ4v) is 8.89. The largest absolute Gasteiger partial charge is 0.314 e. The summed E-state index contributed by atoms with van der Waals surface area (Å²) in [5.41, 5.74) is 6.01. The minimum atomic E-state index is -1.04. The number of thiazole rings is 1. The second kappa shape index (κ2) is 14.8. The normalized spacial score (nSPS) is 18.3. The maximum atomic E-state index is 12.1. The van der Waals surface area contributed by atoms with Crippen LogP contribution in [0.2, 0.25) is 0 Å². The summed E-state index contributed by atoms with van der Waals surface area (Å²) in [6.45, 7) is 3.72. The molecule has 0 spiro atoms. The van der Waals surface area contributed by atoms with Crippen LogP contribution >= 0.6 is 35.1 Å². The predicted molar refractivity (Wildman–Crippen MR) is 196 cm³/mol. The summed E-state index contributed by atoms with van der Waals surface area (Å²) >= 11 is 4.77. The van der Waals surface area contributed by atoms with E-state index in [-0.39, 0.29) is 0 Å². The third-order valence-corrected chi connectivity index (χ3v) is 11.3. The Kier molecular flexibility index (Phi) is 10.3. The van der Waals surface area contributed by atoms with E-state index in [1.165, 1.54) is 33.6 Å². The van der Waals surface area contributed by atoms with Crippen molar-refractivity contribution in [3.8, 4) is 23.9 Å². The first-order chi connectivity index (χ1) is 22.5. The van der Waals surface area contributed by atoms with Gasteiger partial charge in [0.05, 0.1) is 17.8 Å². The Hall–Kier alpha value is -3.76. The van der Waals surface area contributed by atoms with Crippen molar-refractivity contribution in [3.05, 3.63) is 118 Å². The quantitative estimate of drug-likeness (QED) is 0.111. The Labute approximate surface area is 286 Å². The summed E-state index contributed by atoms with van der Waals surface area (Å²) in [7, 11) is 0.652. The van der Waals surface area contributed by atoms with E-state index in [4.69, 9.17) is 4.18 Å². The maximum Gasteiger partial charge on any atom is 0.278 e. The second-order valence-electron chi connectivity index (χ2n) is 10.7. The van der Waals surface area contributed by atoms with Crippen LogP contribution in [0.1, 0.15) is 43.2 Å². The van der Waals surface area contributed by atoms with Gasteiger partial charge in [-0.05, 0) is 84.7 Å². The lowest BCUT2D eigenvalue weighted by atomic mass is 9.81. The number of aromatic nitrogens is 1. The SMILES string of the molecule is CC#CN1/C(=C/C=C2C=C(/C=C/c3sc4cc(S(C)=O)ccc4[n+]3C#CC)CC(c3ccccc3)C/2)Sc2cc(SOC)ccc21. The smallest absolute Gasteiger partial charge is 0.278 e. The summed E-state index contributed by atoms with van der Waals surface area (Å²) in [5.74, 6) is 6.51. The second-order valence-corrected chi connectivity index (χ2v) is 15.2. The van der Waals surface area contributed by atoms with Gasteiger partial charge in [0.25, 0.3) is 5.01 Å². The van der Waals surface area contributed by atoms with E-state index >= 15 is 0 Å². The van der Waals surface area contributed by atoms with Crippen LogP contribution in [0.25, 0.3) is 16.3 Å². The molecule has 2 heterocycles. The van der Waals surface area contributed by atoms with Crippen LogP contribution < -0.4 is 9.47 Å².